The van der Waals surface area contributed by atoms with Gasteiger partial charge in [0.25, 0.3) is 0 Å². The first-order valence-corrected chi connectivity index (χ1v) is 6.18. The average molecular weight is 306 g/mol. The number of nitrogens with two attached hydrogens (primary N) is 1. The SMILES string of the molecule is Nc1ccc(CC(=O)Nc2ccc(Br)cn2)cc1. The second-order valence-electron chi connectivity index (χ2n) is 3.83. The fourth-order valence-corrected chi connectivity index (χ4v) is 1.69. The van der Waals surface area contributed by atoms with Crippen molar-refractivity contribution in [3.63, 3.8) is 0 Å². The van der Waals surface area contributed by atoms with Crippen molar-refractivity contribution in [2.75, 3.05) is 11.1 Å². The number of nitrogen functional groups attached to an aromatic ring is 1. The highest BCUT2D eigenvalue weighted by molar-refractivity contribution is 9.10. The first-order chi connectivity index (χ1) is 8.63. The number of rotatable bonds is 3. The highest BCUT2D eigenvalue weighted by Gasteiger charge is 2.04. The van der Waals surface area contributed by atoms with Gasteiger partial charge >= 0.3 is 0 Å². The molecule has 1 heterocycles. The number of pyridine rings is 1. The van der Waals surface area contributed by atoms with Crippen molar-refractivity contribution >= 4 is 33.3 Å². The van der Waals surface area contributed by atoms with E-state index in [0.717, 1.165) is 10.0 Å². The van der Waals surface area contributed by atoms with E-state index in [1.165, 1.54) is 0 Å². The van der Waals surface area contributed by atoms with E-state index < -0.39 is 0 Å². The number of hydrogen-bond acceptors (Lipinski definition) is 3. The number of carbonyl (C=O) groups is 1. The second-order valence-corrected chi connectivity index (χ2v) is 4.74. The normalized spacial score (nSPS) is 10.1. The summed E-state index contributed by atoms with van der Waals surface area (Å²) in [4.78, 5) is 15.8. The van der Waals surface area contributed by atoms with Crippen molar-refractivity contribution in [1.29, 1.82) is 0 Å². The largest absolute Gasteiger partial charge is 0.399 e. The number of hydrogen-bond donors (Lipinski definition) is 2. The van der Waals surface area contributed by atoms with Crippen LogP contribution in [0.15, 0.2) is 47.1 Å². The highest BCUT2D eigenvalue weighted by Crippen LogP contribution is 2.11. The predicted molar refractivity (Wildman–Crippen MR) is 75.1 cm³/mol. The number of amides is 1. The third kappa shape index (κ3) is 3.56. The van der Waals surface area contributed by atoms with Crippen molar-refractivity contribution in [2.24, 2.45) is 0 Å². The van der Waals surface area contributed by atoms with Gasteiger partial charge in [0.15, 0.2) is 0 Å². The predicted octanol–water partition coefficient (Wildman–Crippen LogP) is 2.61. The van der Waals surface area contributed by atoms with E-state index in [0.29, 0.717) is 17.9 Å². The minimum absolute atomic E-state index is 0.102. The van der Waals surface area contributed by atoms with E-state index in [1.54, 1.807) is 24.4 Å². The van der Waals surface area contributed by atoms with E-state index in [1.807, 2.05) is 18.2 Å². The molecular weight excluding hydrogens is 294 g/mol. The van der Waals surface area contributed by atoms with Gasteiger partial charge < -0.3 is 11.1 Å². The summed E-state index contributed by atoms with van der Waals surface area (Å²) in [5, 5.41) is 2.73. The molecule has 0 saturated heterocycles. The van der Waals surface area contributed by atoms with Crippen LogP contribution in [0.4, 0.5) is 11.5 Å². The van der Waals surface area contributed by atoms with Crippen LogP contribution >= 0.6 is 15.9 Å². The Labute approximate surface area is 113 Å². The van der Waals surface area contributed by atoms with Crippen molar-refractivity contribution in [2.45, 2.75) is 6.42 Å². The van der Waals surface area contributed by atoms with Gasteiger partial charge in [-0.15, -0.1) is 0 Å². The Bertz CT molecular complexity index is 488. The Morgan fingerprint density at radius 3 is 2.56 bits per heavy atom. The molecule has 92 valence electrons. The van der Waals surface area contributed by atoms with E-state index in [2.05, 4.69) is 26.2 Å². The summed E-state index contributed by atoms with van der Waals surface area (Å²) in [5.41, 5.74) is 7.18. The van der Waals surface area contributed by atoms with Gasteiger partial charge in [0.2, 0.25) is 5.91 Å². The van der Waals surface area contributed by atoms with Crippen molar-refractivity contribution < 1.29 is 4.79 Å². The molecule has 0 bridgehead atoms. The lowest BCUT2D eigenvalue weighted by Crippen LogP contribution is -2.15. The van der Waals surface area contributed by atoms with Crippen LogP contribution in [-0.4, -0.2) is 10.9 Å². The third-order valence-electron chi connectivity index (χ3n) is 2.34. The number of anilines is 2. The van der Waals surface area contributed by atoms with E-state index in [-0.39, 0.29) is 5.91 Å². The molecule has 0 aliphatic heterocycles. The molecule has 0 fully saturated rings. The molecule has 5 heteroatoms. The molecule has 1 amide bonds. The Morgan fingerprint density at radius 2 is 1.94 bits per heavy atom. The molecule has 0 spiro atoms. The van der Waals surface area contributed by atoms with Crippen molar-refractivity contribution in [1.82, 2.24) is 4.98 Å². The molecule has 0 radical (unpaired) electrons. The number of halogens is 1. The maximum Gasteiger partial charge on any atom is 0.229 e. The molecule has 4 nitrogen and oxygen atoms in total. The highest BCUT2D eigenvalue weighted by atomic mass is 79.9. The van der Waals surface area contributed by atoms with Crippen molar-refractivity contribution in [3.8, 4) is 0 Å². The third-order valence-corrected chi connectivity index (χ3v) is 2.81. The molecule has 0 unspecified atom stereocenters. The Hall–Kier alpha value is -1.88. The molecule has 0 atom stereocenters. The number of aromatic nitrogens is 1. The van der Waals surface area contributed by atoms with E-state index >= 15 is 0 Å². The van der Waals surface area contributed by atoms with Crippen molar-refractivity contribution in [3.05, 3.63) is 52.6 Å². The maximum absolute atomic E-state index is 11.8. The van der Waals surface area contributed by atoms with Crippen LogP contribution in [0, 0.1) is 0 Å². The van der Waals surface area contributed by atoms with Crippen LogP contribution in [-0.2, 0) is 11.2 Å². The molecule has 2 aromatic rings. The Balaban J connectivity index is 1.96. The smallest absolute Gasteiger partial charge is 0.229 e. The fourth-order valence-electron chi connectivity index (χ4n) is 1.46. The molecule has 2 rings (SSSR count). The van der Waals surface area contributed by atoms with Gasteiger partial charge in [-0.1, -0.05) is 12.1 Å². The van der Waals surface area contributed by atoms with E-state index in [4.69, 9.17) is 5.73 Å². The number of nitrogens with zero attached hydrogens (tertiary/aromatic N) is 1. The molecule has 0 aliphatic carbocycles. The summed E-state index contributed by atoms with van der Waals surface area (Å²) in [6.07, 6.45) is 1.94. The average Bonchev–Trinajstić information content (AvgIpc) is 2.35. The lowest BCUT2D eigenvalue weighted by Gasteiger charge is -2.04. The van der Waals surface area contributed by atoms with Crippen LogP contribution in [0.5, 0.6) is 0 Å². The number of nitrogens with one attached hydrogen (secondary N) is 1. The lowest BCUT2D eigenvalue weighted by atomic mass is 10.1. The number of carbonyl (C=O) groups excluding carboxylic acids is 1. The minimum atomic E-state index is -0.102. The minimum Gasteiger partial charge on any atom is -0.399 e. The Kier molecular flexibility index (Phi) is 3.94. The monoisotopic (exact) mass is 305 g/mol. The summed E-state index contributed by atoms with van der Waals surface area (Å²) in [6.45, 7) is 0. The van der Waals surface area contributed by atoms with Gasteiger partial charge in [0, 0.05) is 16.4 Å². The van der Waals surface area contributed by atoms with Gasteiger partial charge in [0.1, 0.15) is 5.82 Å². The van der Waals surface area contributed by atoms with Gasteiger partial charge in [0.05, 0.1) is 6.42 Å². The first kappa shape index (κ1) is 12.6. The lowest BCUT2D eigenvalue weighted by molar-refractivity contribution is -0.115. The summed E-state index contributed by atoms with van der Waals surface area (Å²) in [7, 11) is 0. The number of benzene rings is 1. The Morgan fingerprint density at radius 1 is 1.22 bits per heavy atom. The standard InChI is InChI=1S/C13H12BrN3O/c14-10-3-6-12(16-8-10)17-13(18)7-9-1-4-11(15)5-2-9/h1-6,8H,7,15H2,(H,16,17,18). The second kappa shape index (κ2) is 5.64. The van der Waals surface area contributed by atoms with Crippen LogP contribution in [0.1, 0.15) is 5.56 Å². The summed E-state index contributed by atoms with van der Waals surface area (Å²) >= 11 is 3.29. The topological polar surface area (TPSA) is 68.0 Å². The first-order valence-electron chi connectivity index (χ1n) is 5.39. The molecule has 0 saturated carbocycles. The van der Waals surface area contributed by atoms with Gasteiger partial charge in [-0.25, -0.2) is 4.98 Å². The van der Waals surface area contributed by atoms with Gasteiger partial charge in [-0.2, -0.15) is 0 Å². The fraction of sp³-hybridized carbons (Fsp3) is 0.0769. The summed E-state index contributed by atoms with van der Waals surface area (Å²) in [6, 6.07) is 10.8. The molecule has 0 aliphatic rings. The molecular formula is C13H12BrN3O. The zero-order valence-electron chi connectivity index (χ0n) is 9.56. The quantitative estimate of drug-likeness (QED) is 0.857. The van der Waals surface area contributed by atoms with Crippen LogP contribution in [0.2, 0.25) is 0 Å². The van der Waals surface area contributed by atoms with E-state index in [9.17, 15) is 4.79 Å². The summed E-state index contributed by atoms with van der Waals surface area (Å²) < 4.78 is 0.874. The maximum atomic E-state index is 11.8. The molecule has 3 N–H and O–H groups in total. The zero-order valence-corrected chi connectivity index (χ0v) is 11.1. The van der Waals surface area contributed by atoms with Gasteiger partial charge in [-0.05, 0) is 45.8 Å². The zero-order chi connectivity index (χ0) is 13.0. The van der Waals surface area contributed by atoms with Gasteiger partial charge in [-0.3, -0.25) is 4.79 Å². The molecule has 18 heavy (non-hydrogen) atoms. The van der Waals surface area contributed by atoms with Crippen LogP contribution in [0.25, 0.3) is 0 Å². The molecule has 1 aromatic heterocycles. The summed E-state index contributed by atoms with van der Waals surface area (Å²) in [5.74, 6) is 0.438. The molecule has 1 aromatic carbocycles. The van der Waals surface area contributed by atoms with Crippen LogP contribution in [0.3, 0.4) is 0 Å². The van der Waals surface area contributed by atoms with Crippen LogP contribution < -0.4 is 11.1 Å².